The Morgan fingerprint density at radius 1 is 1.16 bits per heavy atom. The lowest BCUT2D eigenvalue weighted by atomic mass is 9.83. The molecule has 0 spiro atoms. The lowest BCUT2D eigenvalue weighted by molar-refractivity contribution is 0.281. The molecule has 3 rings (SSSR count). The van der Waals surface area contributed by atoms with Crippen LogP contribution in [-0.4, -0.2) is 6.54 Å². The molecule has 0 saturated heterocycles. The van der Waals surface area contributed by atoms with E-state index in [9.17, 15) is 0 Å². The van der Waals surface area contributed by atoms with E-state index in [1.54, 1.807) is 0 Å². The summed E-state index contributed by atoms with van der Waals surface area (Å²) in [6.07, 6.45) is 5.68. The van der Waals surface area contributed by atoms with Crippen molar-refractivity contribution >= 4 is 21.4 Å². The fourth-order valence-corrected chi connectivity index (χ4v) is 4.08. The van der Waals surface area contributed by atoms with Gasteiger partial charge < -0.3 is 5.32 Å². The molecule has 2 heteroatoms. The summed E-state index contributed by atoms with van der Waals surface area (Å²) in [5.41, 5.74) is 1.46. The Morgan fingerprint density at radius 2 is 1.95 bits per heavy atom. The van der Waals surface area contributed by atoms with Crippen molar-refractivity contribution < 1.29 is 0 Å². The maximum absolute atomic E-state index is 3.67. The molecule has 1 aromatic heterocycles. The third-order valence-electron chi connectivity index (χ3n) is 4.45. The highest BCUT2D eigenvalue weighted by Gasteiger charge is 2.17. The second-order valence-corrected chi connectivity index (χ2v) is 6.93. The van der Waals surface area contributed by atoms with Gasteiger partial charge in [0.05, 0.1) is 0 Å². The first kappa shape index (κ1) is 13.1. The van der Waals surface area contributed by atoms with Crippen LogP contribution in [0.25, 0.3) is 10.1 Å². The standard InChI is InChI=1S/C17H23NS/c1-13-6-8-14(9-7-13)10-18-11-15-12-19-17-5-3-2-4-16(15)17/h2-5,12-14,18H,6-11H2,1H3. The van der Waals surface area contributed by atoms with Gasteiger partial charge in [-0.2, -0.15) is 0 Å². The highest BCUT2D eigenvalue weighted by molar-refractivity contribution is 7.17. The lowest BCUT2D eigenvalue weighted by Gasteiger charge is -2.26. The maximum atomic E-state index is 3.67. The third kappa shape index (κ3) is 3.18. The first-order chi connectivity index (χ1) is 9.33. The van der Waals surface area contributed by atoms with Crippen LogP contribution in [0, 0.1) is 11.8 Å². The minimum atomic E-state index is 0.904. The van der Waals surface area contributed by atoms with Crippen molar-refractivity contribution in [3.05, 3.63) is 35.2 Å². The molecule has 19 heavy (non-hydrogen) atoms. The predicted molar refractivity (Wildman–Crippen MR) is 84.7 cm³/mol. The monoisotopic (exact) mass is 273 g/mol. The predicted octanol–water partition coefficient (Wildman–Crippen LogP) is 4.82. The Labute approximate surface area is 120 Å². The Hall–Kier alpha value is -0.860. The van der Waals surface area contributed by atoms with E-state index in [-0.39, 0.29) is 0 Å². The zero-order chi connectivity index (χ0) is 13.1. The van der Waals surface area contributed by atoms with Gasteiger partial charge in [-0.25, -0.2) is 0 Å². The van der Waals surface area contributed by atoms with E-state index in [2.05, 4.69) is 41.9 Å². The Bertz CT molecular complexity index is 523. The molecule has 0 amide bonds. The van der Waals surface area contributed by atoms with Crippen LogP contribution in [0.2, 0.25) is 0 Å². The van der Waals surface area contributed by atoms with Gasteiger partial charge in [0.25, 0.3) is 0 Å². The number of nitrogens with one attached hydrogen (secondary N) is 1. The van der Waals surface area contributed by atoms with Gasteiger partial charge in [-0.3, -0.25) is 0 Å². The molecular formula is C17H23NS. The molecule has 1 aliphatic rings. The Balaban J connectivity index is 1.52. The smallest absolute Gasteiger partial charge is 0.0346 e. The van der Waals surface area contributed by atoms with E-state index in [1.807, 2.05) is 11.3 Å². The van der Waals surface area contributed by atoms with Crippen LogP contribution >= 0.6 is 11.3 Å². The molecule has 0 bridgehead atoms. The normalized spacial score (nSPS) is 23.8. The van der Waals surface area contributed by atoms with Crippen molar-refractivity contribution in [2.45, 2.75) is 39.2 Å². The lowest BCUT2D eigenvalue weighted by Crippen LogP contribution is -2.25. The molecule has 1 N–H and O–H groups in total. The topological polar surface area (TPSA) is 12.0 Å². The number of thiophene rings is 1. The molecule has 1 nitrogen and oxygen atoms in total. The van der Waals surface area contributed by atoms with Gasteiger partial charge >= 0.3 is 0 Å². The average Bonchev–Trinajstić information content (AvgIpc) is 2.85. The van der Waals surface area contributed by atoms with Crippen molar-refractivity contribution in [3.8, 4) is 0 Å². The molecule has 0 unspecified atom stereocenters. The van der Waals surface area contributed by atoms with Crippen LogP contribution in [0.4, 0.5) is 0 Å². The van der Waals surface area contributed by atoms with E-state index in [0.717, 1.165) is 18.4 Å². The zero-order valence-electron chi connectivity index (χ0n) is 11.7. The van der Waals surface area contributed by atoms with Crippen LogP contribution in [0.1, 0.15) is 38.2 Å². The highest BCUT2D eigenvalue weighted by Crippen LogP contribution is 2.28. The van der Waals surface area contributed by atoms with Crippen LogP contribution in [0.3, 0.4) is 0 Å². The first-order valence-corrected chi connectivity index (χ1v) is 8.36. The number of hydrogen-bond donors (Lipinski definition) is 1. The Morgan fingerprint density at radius 3 is 2.79 bits per heavy atom. The molecule has 2 aromatic rings. The summed E-state index contributed by atoms with van der Waals surface area (Å²) in [6, 6.07) is 8.72. The van der Waals surface area contributed by atoms with Crippen LogP contribution < -0.4 is 5.32 Å². The van der Waals surface area contributed by atoms with E-state index < -0.39 is 0 Å². The number of fused-ring (bicyclic) bond motifs is 1. The van der Waals surface area contributed by atoms with Crippen molar-refractivity contribution in [1.82, 2.24) is 5.32 Å². The summed E-state index contributed by atoms with van der Waals surface area (Å²) in [4.78, 5) is 0. The number of rotatable bonds is 4. The molecule has 0 radical (unpaired) electrons. The van der Waals surface area contributed by atoms with Crippen LogP contribution in [0.5, 0.6) is 0 Å². The molecule has 1 fully saturated rings. The number of hydrogen-bond acceptors (Lipinski definition) is 2. The fourth-order valence-electron chi connectivity index (χ4n) is 3.11. The summed E-state index contributed by atoms with van der Waals surface area (Å²) in [6.45, 7) is 4.61. The highest BCUT2D eigenvalue weighted by atomic mass is 32.1. The molecule has 0 atom stereocenters. The summed E-state index contributed by atoms with van der Waals surface area (Å²) >= 11 is 1.86. The zero-order valence-corrected chi connectivity index (χ0v) is 12.5. The summed E-state index contributed by atoms with van der Waals surface area (Å²) < 4.78 is 1.41. The van der Waals surface area contributed by atoms with Gasteiger partial charge in [0.15, 0.2) is 0 Å². The van der Waals surface area contributed by atoms with Gasteiger partial charge in [0.1, 0.15) is 0 Å². The van der Waals surface area contributed by atoms with Gasteiger partial charge in [-0.15, -0.1) is 11.3 Å². The molecule has 1 aliphatic carbocycles. The second-order valence-electron chi connectivity index (χ2n) is 6.01. The van der Waals surface area contributed by atoms with Gasteiger partial charge in [0, 0.05) is 11.2 Å². The minimum absolute atomic E-state index is 0.904. The molecule has 102 valence electrons. The largest absolute Gasteiger partial charge is 0.312 e. The number of benzene rings is 1. The van der Waals surface area contributed by atoms with Gasteiger partial charge in [0.2, 0.25) is 0 Å². The van der Waals surface area contributed by atoms with Gasteiger partial charge in [-0.1, -0.05) is 38.0 Å². The maximum Gasteiger partial charge on any atom is 0.0346 e. The van der Waals surface area contributed by atoms with Crippen molar-refractivity contribution in [2.24, 2.45) is 11.8 Å². The molecule has 0 aliphatic heterocycles. The average molecular weight is 273 g/mol. The SMILES string of the molecule is CC1CCC(CNCc2csc3ccccc23)CC1. The van der Waals surface area contributed by atoms with Crippen LogP contribution in [0.15, 0.2) is 29.6 Å². The summed E-state index contributed by atoms with van der Waals surface area (Å²) in [7, 11) is 0. The first-order valence-electron chi connectivity index (χ1n) is 7.49. The second kappa shape index (κ2) is 6.06. The van der Waals surface area contributed by atoms with Crippen molar-refractivity contribution in [1.29, 1.82) is 0 Å². The van der Waals surface area contributed by atoms with E-state index in [0.29, 0.717) is 0 Å². The van der Waals surface area contributed by atoms with E-state index >= 15 is 0 Å². The van der Waals surface area contributed by atoms with Crippen molar-refractivity contribution in [2.75, 3.05) is 6.54 Å². The van der Waals surface area contributed by atoms with E-state index in [4.69, 9.17) is 0 Å². The van der Waals surface area contributed by atoms with E-state index in [1.165, 1.54) is 47.9 Å². The molecule has 1 aromatic carbocycles. The molecule has 1 heterocycles. The summed E-state index contributed by atoms with van der Waals surface area (Å²) in [5, 5.41) is 7.41. The fraction of sp³-hybridized carbons (Fsp3) is 0.529. The molecule has 1 saturated carbocycles. The quantitative estimate of drug-likeness (QED) is 0.842. The Kier molecular flexibility index (Phi) is 4.19. The minimum Gasteiger partial charge on any atom is -0.312 e. The summed E-state index contributed by atoms with van der Waals surface area (Å²) in [5.74, 6) is 1.86. The van der Waals surface area contributed by atoms with Gasteiger partial charge in [-0.05, 0) is 53.6 Å². The van der Waals surface area contributed by atoms with Crippen LogP contribution in [-0.2, 0) is 6.54 Å². The molecular weight excluding hydrogens is 250 g/mol. The van der Waals surface area contributed by atoms with Crippen molar-refractivity contribution in [3.63, 3.8) is 0 Å². The third-order valence-corrected chi connectivity index (χ3v) is 5.46.